The Bertz CT molecular complexity index is 1930. The number of rotatable bonds is 7. The van der Waals surface area contributed by atoms with Gasteiger partial charge in [0.15, 0.2) is 11.6 Å². The normalized spacial score (nSPS) is 18.9. The van der Waals surface area contributed by atoms with Gasteiger partial charge < -0.3 is 29.7 Å². The Hall–Kier alpha value is -4.76. The maximum Gasteiger partial charge on any atom is 0.323 e. The first-order valence-corrected chi connectivity index (χ1v) is 17.1. The number of benzene rings is 3. The van der Waals surface area contributed by atoms with E-state index in [0.29, 0.717) is 79.0 Å². The summed E-state index contributed by atoms with van der Waals surface area (Å²) in [5, 5.41) is 12.7. The van der Waals surface area contributed by atoms with Gasteiger partial charge in [0.05, 0.1) is 26.4 Å². The van der Waals surface area contributed by atoms with Crippen LogP contribution >= 0.6 is 23.2 Å². The molecule has 12 nitrogen and oxygen atoms in total. The lowest BCUT2D eigenvalue weighted by Gasteiger charge is -2.38. The fraction of sp³-hybridized carbons (Fsp3) is 0.333. The Balaban J connectivity index is 0.000000187. The topological polar surface area (TPSA) is 150 Å². The van der Waals surface area contributed by atoms with Crippen LogP contribution in [0.2, 0.25) is 10.0 Å². The number of aliphatic carboxylic acids is 1. The van der Waals surface area contributed by atoms with Crippen molar-refractivity contribution >= 4 is 64.0 Å². The summed E-state index contributed by atoms with van der Waals surface area (Å²) in [7, 11) is 0. The Morgan fingerprint density at radius 3 is 1.58 bits per heavy atom. The number of nitrogens with zero attached hydrogens (tertiary/aromatic N) is 4. The van der Waals surface area contributed by atoms with E-state index in [1.54, 1.807) is 48.5 Å². The molecule has 2 saturated heterocycles. The van der Waals surface area contributed by atoms with E-state index in [9.17, 15) is 28.0 Å². The van der Waals surface area contributed by atoms with E-state index in [1.165, 1.54) is 15.9 Å². The van der Waals surface area contributed by atoms with Crippen molar-refractivity contribution in [2.75, 3.05) is 44.8 Å². The van der Waals surface area contributed by atoms with Gasteiger partial charge in [-0.15, -0.1) is 0 Å². The van der Waals surface area contributed by atoms with Crippen molar-refractivity contribution in [1.82, 2.24) is 9.80 Å². The fourth-order valence-electron chi connectivity index (χ4n) is 6.51. The molecule has 16 heteroatoms. The van der Waals surface area contributed by atoms with Crippen molar-refractivity contribution in [2.24, 2.45) is 9.98 Å². The molecule has 2 spiro atoms. The third kappa shape index (κ3) is 7.84. The molecule has 4 aliphatic heterocycles. The zero-order valence-corrected chi connectivity index (χ0v) is 29.1. The number of carboxylic acid groups (broad SMARTS) is 1. The Morgan fingerprint density at radius 1 is 0.712 bits per heavy atom. The average molecular weight is 757 g/mol. The number of amides is 3. The molecule has 2 N–H and O–H groups in total. The molecule has 3 amide bonds. The third-order valence-electron chi connectivity index (χ3n) is 9.16. The smallest absolute Gasteiger partial charge is 0.323 e. The molecule has 3 aromatic rings. The maximum atomic E-state index is 13.4. The number of carboxylic acids is 1. The average Bonchev–Trinajstić information content (AvgIpc) is 3.53. The fourth-order valence-corrected chi connectivity index (χ4v) is 6.76. The van der Waals surface area contributed by atoms with E-state index in [0.717, 1.165) is 12.1 Å². The van der Waals surface area contributed by atoms with Crippen molar-refractivity contribution in [2.45, 2.75) is 37.0 Å². The molecule has 0 aromatic heterocycles. The highest BCUT2D eigenvalue weighted by Crippen LogP contribution is 2.37. The number of hydrogen-bond donors (Lipinski definition) is 2. The van der Waals surface area contributed by atoms with Crippen LogP contribution in [0.3, 0.4) is 0 Å². The highest BCUT2D eigenvalue weighted by molar-refractivity contribution is 6.47. The summed E-state index contributed by atoms with van der Waals surface area (Å²) < 4.78 is 37.3. The predicted octanol–water partition coefficient (Wildman–Crippen LogP) is 4.96. The van der Waals surface area contributed by atoms with Crippen molar-refractivity contribution in [3.8, 4) is 0 Å². The number of halogens is 4. The minimum Gasteiger partial charge on any atom is -0.480 e. The molecule has 0 unspecified atom stereocenters. The molecular formula is C36H33Cl2F2N5O7. The van der Waals surface area contributed by atoms with Crippen molar-refractivity contribution in [1.29, 1.82) is 0 Å². The second-order valence-electron chi connectivity index (χ2n) is 12.5. The highest BCUT2D eigenvalue weighted by atomic mass is 35.5. The van der Waals surface area contributed by atoms with Crippen LogP contribution in [0.1, 0.15) is 36.8 Å². The highest BCUT2D eigenvalue weighted by Gasteiger charge is 2.50. The summed E-state index contributed by atoms with van der Waals surface area (Å²) in [6.07, 6.45) is 1.91. The first kappa shape index (κ1) is 37.0. The molecule has 272 valence electrons. The first-order chi connectivity index (χ1) is 24.9. The van der Waals surface area contributed by atoms with Crippen molar-refractivity contribution in [3.05, 3.63) is 99.5 Å². The van der Waals surface area contributed by atoms with Gasteiger partial charge in [-0.2, -0.15) is 0 Å². The molecule has 7 rings (SSSR count). The van der Waals surface area contributed by atoms with Crippen LogP contribution in [-0.4, -0.2) is 101 Å². The van der Waals surface area contributed by atoms with Gasteiger partial charge in [0.25, 0.3) is 11.8 Å². The molecule has 4 aliphatic rings. The van der Waals surface area contributed by atoms with Crippen LogP contribution in [0.25, 0.3) is 0 Å². The second-order valence-corrected chi connectivity index (χ2v) is 13.4. The Kier molecular flexibility index (Phi) is 11.0. The van der Waals surface area contributed by atoms with E-state index in [1.807, 2.05) is 0 Å². The van der Waals surface area contributed by atoms with Gasteiger partial charge in [-0.05, 0) is 36.4 Å². The van der Waals surface area contributed by atoms with E-state index in [4.69, 9.17) is 42.8 Å². The van der Waals surface area contributed by atoms with Gasteiger partial charge in [-0.1, -0.05) is 47.5 Å². The quantitative estimate of drug-likeness (QED) is 0.346. The second kappa shape index (κ2) is 15.5. The molecule has 2 fully saturated rings. The van der Waals surface area contributed by atoms with E-state index >= 15 is 0 Å². The minimum absolute atomic E-state index is 0.102. The standard InChI is InChI=1S/C21H18ClF2N3O3.C15H15ClN2O4/c22-14-3-1-13(2-4-14)19-20(29)27(21(26-19)7-9-30-10-8-21)12-18(28)25-15-5-6-16(23)17(24)11-15;16-11-3-1-10(2-4-11)13-14(21)18(9-12(19)20)15(17-13)5-7-22-8-6-15/h1-6,11H,7-10,12H2,(H,25,28);1-4H,5-9H2,(H,19,20). The van der Waals surface area contributed by atoms with Crippen LogP contribution in [0.5, 0.6) is 0 Å². The number of carbonyl (C=O) groups is 4. The molecule has 0 saturated carbocycles. The lowest BCUT2D eigenvalue weighted by Crippen LogP contribution is -2.52. The summed E-state index contributed by atoms with van der Waals surface area (Å²) >= 11 is 11.8. The molecule has 52 heavy (non-hydrogen) atoms. The van der Waals surface area contributed by atoms with Crippen molar-refractivity contribution < 1.29 is 42.5 Å². The largest absolute Gasteiger partial charge is 0.480 e. The SMILES string of the molecule is O=C(CN1C(=O)C(c2ccc(Cl)cc2)=NC12CCOCC2)Nc1ccc(F)c(F)c1.O=C(O)CN1C(=O)C(c2ccc(Cl)cc2)=NC12CCOCC2. The predicted molar refractivity (Wildman–Crippen MR) is 188 cm³/mol. The monoisotopic (exact) mass is 755 g/mol. The molecule has 0 atom stereocenters. The molecule has 4 heterocycles. The van der Waals surface area contributed by atoms with Gasteiger partial charge in [0, 0.05) is 58.6 Å². The summed E-state index contributed by atoms with van der Waals surface area (Å²) in [5.74, 6) is -4.39. The van der Waals surface area contributed by atoms with Crippen LogP contribution in [-0.2, 0) is 28.7 Å². The molecule has 0 aliphatic carbocycles. The number of anilines is 1. The van der Waals surface area contributed by atoms with Crippen LogP contribution in [0.15, 0.2) is 76.7 Å². The lowest BCUT2D eigenvalue weighted by atomic mass is 10.00. The van der Waals surface area contributed by atoms with Gasteiger partial charge in [-0.25, -0.2) is 8.78 Å². The number of aliphatic imine (C=N–C) groups is 2. The molecule has 0 radical (unpaired) electrons. The number of hydrogen-bond acceptors (Lipinski definition) is 8. The Morgan fingerprint density at radius 2 is 1.15 bits per heavy atom. The number of nitrogens with one attached hydrogen (secondary N) is 1. The first-order valence-electron chi connectivity index (χ1n) is 16.4. The van der Waals surface area contributed by atoms with Crippen LogP contribution < -0.4 is 5.32 Å². The summed E-state index contributed by atoms with van der Waals surface area (Å²) in [4.78, 5) is 61.6. The third-order valence-corrected chi connectivity index (χ3v) is 9.67. The summed E-state index contributed by atoms with van der Waals surface area (Å²) in [6, 6.07) is 16.6. The number of carbonyl (C=O) groups excluding carboxylic acids is 3. The van der Waals surface area contributed by atoms with Gasteiger partial charge >= 0.3 is 5.97 Å². The zero-order chi connectivity index (χ0) is 37.0. The minimum atomic E-state index is -1.07. The Labute approximate surface area is 307 Å². The molecular weight excluding hydrogens is 723 g/mol. The zero-order valence-electron chi connectivity index (χ0n) is 27.6. The number of ether oxygens (including phenoxy) is 2. The van der Waals surface area contributed by atoms with Crippen LogP contribution in [0, 0.1) is 11.6 Å². The summed E-state index contributed by atoms with van der Waals surface area (Å²) in [6.45, 7) is 1.09. The van der Waals surface area contributed by atoms with E-state index < -0.39 is 34.8 Å². The summed E-state index contributed by atoms with van der Waals surface area (Å²) in [5.41, 5.74) is 0.227. The van der Waals surface area contributed by atoms with Crippen LogP contribution in [0.4, 0.5) is 14.5 Å². The van der Waals surface area contributed by atoms with E-state index in [-0.39, 0.29) is 36.3 Å². The van der Waals surface area contributed by atoms with E-state index in [2.05, 4.69) is 10.3 Å². The lowest BCUT2D eigenvalue weighted by molar-refractivity contribution is -0.147. The van der Waals surface area contributed by atoms with Gasteiger partial charge in [0.2, 0.25) is 5.91 Å². The van der Waals surface area contributed by atoms with Crippen molar-refractivity contribution in [3.63, 3.8) is 0 Å². The van der Waals surface area contributed by atoms with Gasteiger partial charge in [-0.3, -0.25) is 29.2 Å². The molecule has 3 aromatic carbocycles. The molecule has 0 bridgehead atoms. The maximum absolute atomic E-state index is 13.4. The van der Waals surface area contributed by atoms with Gasteiger partial charge in [0.1, 0.15) is 35.8 Å².